The van der Waals surface area contributed by atoms with Crippen LogP contribution in [0.4, 0.5) is 10.1 Å². The Morgan fingerprint density at radius 1 is 1.41 bits per heavy atom. The van der Waals surface area contributed by atoms with E-state index in [0.717, 1.165) is 19.5 Å². The highest BCUT2D eigenvalue weighted by molar-refractivity contribution is 6.01. The Morgan fingerprint density at radius 3 is 3.05 bits per heavy atom. The summed E-state index contributed by atoms with van der Waals surface area (Å²) in [6, 6.07) is 4.13. The van der Waals surface area contributed by atoms with Crippen molar-refractivity contribution in [1.29, 1.82) is 0 Å². The summed E-state index contributed by atoms with van der Waals surface area (Å²) in [6.45, 7) is 2.23. The third-order valence-corrected chi connectivity index (χ3v) is 4.02. The number of fused-ring (bicyclic) bond motifs is 1. The molecule has 0 bridgehead atoms. The fourth-order valence-electron chi connectivity index (χ4n) is 2.83. The average molecular weight is 303 g/mol. The molecule has 0 saturated carbocycles. The Bertz CT molecular complexity index is 642. The molecule has 1 unspecified atom stereocenters. The molecule has 116 valence electrons. The van der Waals surface area contributed by atoms with Crippen molar-refractivity contribution in [2.75, 3.05) is 25.0 Å². The SMILES string of the molecule is O=C1CC(C(=O)NCC2=CCNCC2)c2ccc(F)cc2N1. The van der Waals surface area contributed by atoms with Gasteiger partial charge in [-0.15, -0.1) is 0 Å². The summed E-state index contributed by atoms with van der Waals surface area (Å²) >= 11 is 0. The van der Waals surface area contributed by atoms with Crippen LogP contribution in [0.1, 0.15) is 24.3 Å². The summed E-state index contributed by atoms with van der Waals surface area (Å²) in [5, 5.41) is 8.71. The molecule has 3 rings (SSSR count). The van der Waals surface area contributed by atoms with Crippen LogP contribution in [0, 0.1) is 5.82 Å². The lowest BCUT2D eigenvalue weighted by molar-refractivity contribution is -0.126. The zero-order valence-corrected chi connectivity index (χ0v) is 12.1. The quantitative estimate of drug-likeness (QED) is 0.737. The highest BCUT2D eigenvalue weighted by Gasteiger charge is 2.30. The van der Waals surface area contributed by atoms with Crippen molar-refractivity contribution in [3.05, 3.63) is 41.2 Å². The molecule has 0 radical (unpaired) electrons. The van der Waals surface area contributed by atoms with E-state index in [0.29, 0.717) is 17.8 Å². The number of hydrogen-bond acceptors (Lipinski definition) is 3. The highest BCUT2D eigenvalue weighted by Crippen LogP contribution is 2.32. The van der Waals surface area contributed by atoms with Crippen LogP contribution in [0.2, 0.25) is 0 Å². The van der Waals surface area contributed by atoms with Gasteiger partial charge in [0, 0.05) is 25.2 Å². The van der Waals surface area contributed by atoms with Gasteiger partial charge in [-0.2, -0.15) is 0 Å². The number of anilines is 1. The summed E-state index contributed by atoms with van der Waals surface area (Å²) in [5.74, 6) is -1.45. The van der Waals surface area contributed by atoms with Gasteiger partial charge in [-0.25, -0.2) is 4.39 Å². The largest absolute Gasteiger partial charge is 0.352 e. The molecule has 2 aliphatic rings. The van der Waals surface area contributed by atoms with Crippen molar-refractivity contribution in [1.82, 2.24) is 10.6 Å². The lowest BCUT2D eigenvalue weighted by atomic mass is 9.89. The number of benzene rings is 1. The Labute approximate surface area is 128 Å². The molecular weight excluding hydrogens is 285 g/mol. The maximum Gasteiger partial charge on any atom is 0.228 e. The summed E-state index contributed by atoms with van der Waals surface area (Å²) in [6.07, 6.45) is 3.07. The van der Waals surface area contributed by atoms with E-state index in [4.69, 9.17) is 0 Å². The van der Waals surface area contributed by atoms with Crippen LogP contribution in [-0.2, 0) is 9.59 Å². The molecule has 1 atom stereocenters. The first-order valence-electron chi connectivity index (χ1n) is 7.39. The van der Waals surface area contributed by atoms with E-state index in [2.05, 4.69) is 22.0 Å². The number of carbonyl (C=O) groups excluding carboxylic acids is 2. The lowest BCUT2D eigenvalue weighted by Gasteiger charge is -2.25. The van der Waals surface area contributed by atoms with Gasteiger partial charge in [-0.1, -0.05) is 17.7 Å². The van der Waals surface area contributed by atoms with E-state index in [-0.39, 0.29) is 18.2 Å². The first-order chi connectivity index (χ1) is 10.6. The molecule has 2 heterocycles. The standard InChI is InChI=1S/C16H18FN3O2/c17-11-1-2-12-13(8-15(21)20-14(12)7-11)16(22)19-9-10-3-5-18-6-4-10/h1-3,7,13,18H,4-6,8-9H2,(H,19,22)(H,20,21). The van der Waals surface area contributed by atoms with E-state index in [9.17, 15) is 14.0 Å². The Balaban J connectivity index is 1.72. The van der Waals surface area contributed by atoms with Gasteiger partial charge >= 0.3 is 0 Å². The molecule has 0 aromatic heterocycles. The van der Waals surface area contributed by atoms with Crippen LogP contribution < -0.4 is 16.0 Å². The number of nitrogens with one attached hydrogen (secondary N) is 3. The Kier molecular flexibility index (Phi) is 4.20. The fourth-order valence-corrected chi connectivity index (χ4v) is 2.83. The van der Waals surface area contributed by atoms with Crippen LogP contribution in [0.25, 0.3) is 0 Å². The average Bonchev–Trinajstić information content (AvgIpc) is 2.52. The summed E-state index contributed by atoms with van der Waals surface area (Å²) in [4.78, 5) is 24.1. The third-order valence-electron chi connectivity index (χ3n) is 4.02. The van der Waals surface area contributed by atoms with Crippen LogP contribution in [0.15, 0.2) is 29.8 Å². The molecular formula is C16H18FN3O2. The minimum atomic E-state index is -0.563. The molecule has 0 aliphatic carbocycles. The third kappa shape index (κ3) is 3.17. The number of rotatable bonds is 3. The number of amides is 2. The van der Waals surface area contributed by atoms with Crippen molar-refractivity contribution < 1.29 is 14.0 Å². The van der Waals surface area contributed by atoms with Crippen molar-refractivity contribution in [2.24, 2.45) is 0 Å². The smallest absolute Gasteiger partial charge is 0.228 e. The first-order valence-corrected chi connectivity index (χ1v) is 7.39. The van der Waals surface area contributed by atoms with Gasteiger partial charge in [-0.05, 0) is 30.7 Å². The van der Waals surface area contributed by atoms with Gasteiger partial charge in [0.1, 0.15) is 5.82 Å². The Morgan fingerprint density at radius 2 is 2.27 bits per heavy atom. The zero-order chi connectivity index (χ0) is 15.5. The molecule has 5 nitrogen and oxygen atoms in total. The van der Waals surface area contributed by atoms with Crippen LogP contribution in [0.3, 0.4) is 0 Å². The second kappa shape index (κ2) is 6.27. The van der Waals surface area contributed by atoms with Crippen molar-refractivity contribution in [2.45, 2.75) is 18.8 Å². The van der Waals surface area contributed by atoms with Gasteiger partial charge in [0.05, 0.1) is 5.92 Å². The zero-order valence-electron chi connectivity index (χ0n) is 12.1. The van der Waals surface area contributed by atoms with Crippen molar-refractivity contribution in [3.63, 3.8) is 0 Å². The van der Waals surface area contributed by atoms with Gasteiger partial charge in [0.15, 0.2) is 0 Å². The minimum absolute atomic E-state index is 0.0884. The summed E-state index contributed by atoms with van der Waals surface area (Å²) in [7, 11) is 0. The second-order valence-electron chi connectivity index (χ2n) is 5.57. The van der Waals surface area contributed by atoms with Gasteiger partial charge in [-0.3, -0.25) is 9.59 Å². The molecule has 22 heavy (non-hydrogen) atoms. The van der Waals surface area contributed by atoms with E-state index >= 15 is 0 Å². The number of hydrogen-bond donors (Lipinski definition) is 3. The van der Waals surface area contributed by atoms with Gasteiger partial charge < -0.3 is 16.0 Å². The van der Waals surface area contributed by atoms with E-state index in [1.54, 1.807) is 6.07 Å². The summed E-state index contributed by atoms with van der Waals surface area (Å²) < 4.78 is 13.3. The molecule has 2 aliphatic heterocycles. The number of halogens is 1. The second-order valence-corrected chi connectivity index (χ2v) is 5.57. The van der Waals surface area contributed by atoms with Crippen molar-refractivity contribution >= 4 is 17.5 Å². The summed E-state index contributed by atoms with van der Waals surface area (Å²) in [5.41, 5.74) is 2.24. The predicted octanol–water partition coefficient (Wildman–Crippen LogP) is 1.29. The molecule has 0 fully saturated rings. The topological polar surface area (TPSA) is 70.2 Å². The van der Waals surface area contributed by atoms with Gasteiger partial charge in [0.25, 0.3) is 0 Å². The molecule has 2 amide bonds. The highest BCUT2D eigenvalue weighted by atomic mass is 19.1. The van der Waals surface area contributed by atoms with Crippen LogP contribution in [-0.4, -0.2) is 31.4 Å². The van der Waals surface area contributed by atoms with E-state index in [1.165, 1.54) is 17.7 Å². The molecule has 1 aromatic rings. The minimum Gasteiger partial charge on any atom is -0.352 e. The molecule has 3 N–H and O–H groups in total. The molecule has 6 heteroatoms. The fraction of sp³-hybridized carbons (Fsp3) is 0.375. The van der Waals surface area contributed by atoms with E-state index < -0.39 is 11.7 Å². The maximum absolute atomic E-state index is 13.3. The predicted molar refractivity (Wildman–Crippen MR) is 81.0 cm³/mol. The molecule has 1 aromatic carbocycles. The van der Waals surface area contributed by atoms with Crippen molar-refractivity contribution in [3.8, 4) is 0 Å². The first kappa shape index (κ1) is 14.7. The lowest BCUT2D eigenvalue weighted by Crippen LogP contribution is -2.36. The van der Waals surface area contributed by atoms with Crippen LogP contribution >= 0.6 is 0 Å². The maximum atomic E-state index is 13.3. The monoisotopic (exact) mass is 303 g/mol. The number of carbonyl (C=O) groups is 2. The Hall–Kier alpha value is -2.21. The van der Waals surface area contributed by atoms with Crippen LogP contribution in [0.5, 0.6) is 0 Å². The van der Waals surface area contributed by atoms with E-state index in [1.807, 2.05) is 0 Å². The molecule has 0 spiro atoms. The van der Waals surface area contributed by atoms with Gasteiger partial charge in [0.2, 0.25) is 11.8 Å². The molecule has 0 saturated heterocycles. The normalized spacial score (nSPS) is 20.7.